The molecule has 0 spiro atoms. The molecule has 1 aliphatic rings. The van der Waals surface area contributed by atoms with Crippen LogP contribution in [0.5, 0.6) is 0 Å². The van der Waals surface area contributed by atoms with Gasteiger partial charge in [-0.2, -0.15) is 0 Å². The van der Waals surface area contributed by atoms with Crippen LogP contribution in [0.25, 0.3) is 23.3 Å². The van der Waals surface area contributed by atoms with E-state index in [0.29, 0.717) is 0 Å². The number of nitrogens with one attached hydrogen (secondary N) is 1. The first kappa shape index (κ1) is 40.9. The topological polar surface area (TPSA) is 15.3 Å². The van der Waals surface area contributed by atoms with Crippen LogP contribution >= 0.6 is 0 Å². The fourth-order valence-electron chi connectivity index (χ4n) is 5.85. The molecule has 0 atom stereocenters. The highest BCUT2D eigenvalue weighted by atomic mass is 15.1. The summed E-state index contributed by atoms with van der Waals surface area (Å²) in [6, 6.07) is 53.8. The van der Waals surface area contributed by atoms with Crippen LogP contribution in [0, 0.1) is 20.8 Å². The van der Waals surface area contributed by atoms with Gasteiger partial charge in [0.1, 0.15) is 0 Å². The van der Waals surface area contributed by atoms with Crippen molar-refractivity contribution in [2.24, 2.45) is 0 Å². The summed E-state index contributed by atoms with van der Waals surface area (Å²) in [6.07, 6.45) is 11.0. The van der Waals surface area contributed by atoms with Crippen LogP contribution in [0.4, 0.5) is 22.7 Å². The third-order valence-electron chi connectivity index (χ3n) is 8.94. The number of hydrogen-bond donors (Lipinski definition) is 1. The van der Waals surface area contributed by atoms with Crippen LogP contribution in [0.3, 0.4) is 0 Å². The fraction of sp³-hybridized carbons (Fsp3) is 0.192. The van der Waals surface area contributed by atoms with Crippen molar-refractivity contribution in [1.29, 1.82) is 0 Å². The van der Waals surface area contributed by atoms with Crippen LogP contribution in [0.1, 0.15) is 75.3 Å². The van der Waals surface area contributed by atoms with Gasteiger partial charge >= 0.3 is 0 Å². The maximum Gasteiger partial charge on any atom is 0.0462 e. The summed E-state index contributed by atoms with van der Waals surface area (Å²) in [7, 11) is 0. The molecule has 0 fully saturated rings. The van der Waals surface area contributed by atoms with Crippen molar-refractivity contribution in [3.63, 3.8) is 0 Å². The summed E-state index contributed by atoms with van der Waals surface area (Å²) in [5.74, 6) is 0. The van der Waals surface area contributed by atoms with Crippen molar-refractivity contribution < 1.29 is 0 Å². The monoisotopic (exact) mass is 710 g/mol. The second-order valence-corrected chi connectivity index (χ2v) is 13.1. The Morgan fingerprint density at radius 1 is 0.426 bits per heavy atom. The molecule has 0 unspecified atom stereocenters. The van der Waals surface area contributed by atoms with Crippen LogP contribution in [-0.4, -0.2) is 0 Å². The molecule has 1 aliphatic carbocycles. The zero-order valence-electron chi connectivity index (χ0n) is 33.6. The SMILES string of the molecule is CC.CC.CC1=CC=C(Nc2ccc(C)cc2)CC1.Cc1ccc(N(c2ccc(C)cc2)c2ccc(/C=C/c3ccc(-c4ccccc4)cc3)cc2)cc1. The zero-order chi connectivity index (χ0) is 38.7. The van der Waals surface area contributed by atoms with Crippen molar-refractivity contribution in [3.05, 3.63) is 203 Å². The number of rotatable bonds is 8. The van der Waals surface area contributed by atoms with E-state index < -0.39 is 0 Å². The highest BCUT2D eigenvalue weighted by Crippen LogP contribution is 2.35. The summed E-state index contributed by atoms with van der Waals surface area (Å²) >= 11 is 0. The molecule has 6 aromatic carbocycles. The molecular weight excluding hydrogens is 653 g/mol. The first-order valence-electron chi connectivity index (χ1n) is 19.5. The molecule has 0 radical (unpaired) electrons. The van der Waals surface area contributed by atoms with Gasteiger partial charge < -0.3 is 10.2 Å². The molecule has 0 bridgehead atoms. The molecule has 0 heterocycles. The Morgan fingerprint density at radius 2 is 0.833 bits per heavy atom. The van der Waals surface area contributed by atoms with Gasteiger partial charge in [-0.3, -0.25) is 0 Å². The molecule has 0 aromatic heterocycles. The molecule has 276 valence electrons. The molecule has 0 saturated heterocycles. The number of aryl methyl sites for hydroxylation is 3. The molecule has 0 amide bonds. The molecule has 0 aliphatic heterocycles. The Balaban J connectivity index is 0.000000285. The van der Waals surface area contributed by atoms with Gasteiger partial charge in [-0.05, 0) is 117 Å². The van der Waals surface area contributed by atoms with Gasteiger partial charge in [0.25, 0.3) is 0 Å². The van der Waals surface area contributed by atoms with Crippen molar-refractivity contribution in [2.75, 3.05) is 10.2 Å². The van der Waals surface area contributed by atoms with Gasteiger partial charge in [-0.15, -0.1) is 0 Å². The van der Waals surface area contributed by atoms with Gasteiger partial charge in [0.15, 0.2) is 0 Å². The van der Waals surface area contributed by atoms with Gasteiger partial charge in [0.2, 0.25) is 0 Å². The third kappa shape index (κ3) is 12.4. The molecule has 7 rings (SSSR count). The molecule has 0 saturated carbocycles. The van der Waals surface area contributed by atoms with Gasteiger partial charge in [0.05, 0.1) is 0 Å². The molecule has 2 heteroatoms. The second-order valence-electron chi connectivity index (χ2n) is 13.1. The van der Waals surface area contributed by atoms with E-state index in [9.17, 15) is 0 Å². The smallest absolute Gasteiger partial charge is 0.0462 e. The Kier molecular flexibility index (Phi) is 16.4. The first-order valence-corrected chi connectivity index (χ1v) is 19.5. The number of hydrogen-bond acceptors (Lipinski definition) is 2. The van der Waals surface area contributed by atoms with Crippen molar-refractivity contribution in [1.82, 2.24) is 0 Å². The van der Waals surface area contributed by atoms with E-state index in [-0.39, 0.29) is 0 Å². The number of nitrogens with zero attached hydrogens (tertiary/aromatic N) is 1. The van der Waals surface area contributed by atoms with Crippen molar-refractivity contribution in [3.8, 4) is 11.1 Å². The van der Waals surface area contributed by atoms with Crippen molar-refractivity contribution in [2.45, 2.75) is 68.2 Å². The van der Waals surface area contributed by atoms with Crippen LogP contribution < -0.4 is 10.2 Å². The molecule has 6 aromatic rings. The predicted octanol–water partition coefficient (Wildman–Crippen LogP) is 15.7. The lowest BCUT2D eigenvalue weighted by Gasteiger charge is -2.25. The van der Waals surface area contributed by atoms with E-state index >= 15 is 0 Å². The van der Waals surface area contributed by atoms with E-state index in [4.69, 9.17) is 0 Å². The van der Waals surface area contributed by atoms with E-state index in [1.54, 1.807) is 0 Å². The predicted molar refractivity (Wildman–Crippen MR) is 240 cm³/mol. The van der Waals surface area contributed by atoms with Gasteiger partial charge in [-0.1, -0.05) is 171 Å². The summed E-state index contributed by atoms with van der Waals surface area (Å²) in [5, 5.41) is 3.45. The fourth-order valence-corrected chi connectivity index (χ4v) is 5.85. The minimum Gasteiger partial charge on any atom is -0.359 e. The third-order valence-corrected chi connectivity index (χ3v) is 8.94. The number of benzene rings is 6. The maximum atomic E-state index is 3.45. The summed E-state index contributed by atoms with van der Waals surface area (Å²) in [5.41, 5.74) is 16.1. The average Bonchev–Trinajstić information content (AvgIpc) is 3.23. The average molecular weight is 711 g/mol. The lowest BCUT2D eigenvalue weighted by atomic mass is 10.0. The highest BCUT2D eigenvalue weighted by molar-refractivity contribution is 5.78. The molecular formula is C52H58N2. The quantitative estimate of drug-likeness (QED) is 0.158. The van der Waals surface area contributed by atoms with Crippen molar-refractivity contribution >= 4 is 34.9 Å². The normalized spacial score (nSPS) is 11.7. The Hall–Kier alpha value is -5.86. The van der Waals surface area contributed by atoms with Crippen LogP contribution in [0.15, 0.2) is 175 Å². The Labute approximate surface area is 326 Å². The lowest BCUT2D eigenvalue weighted by Crippen LogP contribution is -2.09. The van der Waals surface area contributed by atoms with E-state index in [0.717, 1.165) is 23.5 Å². The number of allylic oxidation sites excluding steroid dienone is 4. The van der Waals surface area contributed by atoms with Gasteiger partial charge in [-0.25, -0.2) is 0 Å². The summed E-state index contributed by atoms with van der Waals surface area (Å²) in [6.45, 7) is 16.5. The van der Waals surface area contributed by atoms with E-state index in [1.165, 1.54) is 62.3 Å². The van der Waals surface area contributed by atoms with E-state index in [2.05, 4.69) is 208 Å². The maximum absolute atomic E-state index is 3.45. The summed E-state index contributed by atoms with van der Waals surface area (Å²) < 4.78 is 0. The van der Waals surface area contributed by atoms with Crippen LogP contribution in [-0.2, 0) is 0 Å². The minimum absolute atomic E-state index is 1.12. The first-order chi connectivity index (χ1) is 26.4. The molecule has 1 N–H and O–H groups in total. The highest BCUT2D eigenvalue weighted by Gasteiger charge is 2.12. The van der Waals surface area contributed by atoms with Crippen LogP contribution in [0.2, 0.25) is 0 Å². The second kappa shape index (κ2) is 21.6. The molecule has 2 nitrogen and oxygen atoms in total. The molecule has 54 heavy (non-hydrogen) atoms. The lowest BCUT2D eigenvalue weighted by molar-refractivity contribution is 0.910. The number of anilines is 4. The largest absolute Gasteiger partial charge is 0.359 e. The Morgan fingerprint density at radius 3 is 1.28 bits per heavy atom. The van der Waals surface area contributed by atoms with E-state index in [1.807, 2.05) is 33.8 Å². The Bertz CT molecular complexity index is 2000. The summed E-state index contributed by atoms with van der Waals surface area (Å²) in [4.78, 5) is 2.30. The standard InChI is InChI=1S/C34H29N.C14H17N.2C2H6/c1-26-8-20-32(21-9-26)35(33-22-10-27(2)11-23-33)34-24-16-29(17-25-34)13-12-28-14-18-31(19-15-28)30-6-4-3-5-7-30;1-11-3-7-13(8-4-11)15-14-9-5-12(2)6-10-14;2*1-2/h3-25H,1-2H3;3-5,7-9,15H,6,10H2,1-2H3;2*1-2H3/b13-12+;;;. The zero-order valence-corrected chi connectivity index (χ0v) is 33.6. The van der Waals surface area contributed by atoms with Gasteiger partial charge in [0, 0.05) is 28.4 Å². The minimum atomic E-state index is 1.12.